The fourth-order valence-electron chi connectivity index (χ4n) is 4.81. The Morgan fingerprint density at radius 3 is 2.25 bits per heavy atom. The number of ether oxygens (including phenoxy) is 4. The lowest BCUT2D eigenvalue weighted by Gasteiger charge is -2.21. The third-order valence-electron chi connectivity index (χ3n) is 6.82. The van der Waals surface area contributed by atoms with Gasteiger partial charge in [-0.2, -0.15) is 15.1 Å². The first-order chi connectivity index (χ1) is 19.6. The molecule has 2 aromatic carbocycles. The molecule has 3 aromatic rings. The normalized spacial score (nSPS) is 15.1. The molecule has 10 nitrogen and oxygen atoms in total. The van der Waals surface area contributed by atoms with Gasteiger partial charge in [-0.3, -0.25) is 5.43 Å². The molecule has 0 radical (unpaired) electrons. The lowest BCUT2D eigenvalue weighted by atomic mass is 10.2. The van der Waals surface area contributed by atoms with E-state index in [2.05, 4.69) is 20.3 Å². The van der Waals surface area contributed by atoms with Crippen LogP contribution in [0, 0.1) is 0 Å². The summed E-state index contributed by atoms with van der Waals surface area (Å²) < 4.78 is 22.5. The van der Waals surface area contributed by atoms with E-state index in [4.69, 9.17) is 40.5 Å². The molecule has 2 saturated heterocycles. The molecule has 40 heavy (non-hydrogen) atoms. The average molecular weight is 567 g/mol. The number of benzene rings is 2. The van der Waals surface area contributed by atoms with Crippen LogP contribution in [0.25, 0.3) is 0 Å². The lowest BCUT2D eigenvalue weighted by molar-refractivity contribution is 0.206. The topological polar surface area (TPSA) is 93.6 Å². The van der Waals surface area contributed by atoms with Crippen molar-refractivity contribution in [3.05, 3.63) is 53.1 Å². The van der Waals surface area contributed by atoms with Crippen LogP contribution in [0.15, 0.2) is 47.6 Å². The largest absolute Gasteiger partial charge is 0.493 e. The van der Waals surface area contributed by atoms with Crippen molar-refractivity contribution in [1.29, 1.82) is 0 Å². The monoisotopic (exact) mass is 566 g/mol. The fourth-order valence-corrected chi connectivity index (χ4v) is 5.08. The van der Waals surface area contributed by atoms with Crippen LogP contribution in [0.3, 0.4) is 0 Å². The van der Waals surface area contributed by atoms with Crippen LogP contribution in [0.5, 0.6) is 23.0 Å². The van der Waals surface area contributed by atoms with Gasteiger partial charge >= 0.3 is 0 Å². The molecule has 2 fully saturated rings. The quantitative estimate of drug-likeness (QED) is 0.179. The molecule has 0 saturated carbocycles. The molecule has 2 aliphatic rings. The molecule has 1 N–H and O–H groups in total. The number of methoxy groups -OCH3 is 2. The Kier molecular flexibility index (Phi) is 9.28. The molecule has 0 unspecified atom stereocenters. The van der Waals surface area contributed by atoms with Gasteiger partial charge < -0.3 is 28.7 Å². The summed E-state index contributed by atoms with van der Waals surface area (Å²) in [6.07, 6.45) is 6.36. The SMILES string of the molecule is COc1ccccc1OCCOc1c(Cl)cc(C=NNc2cc(N3CCCC3)nc(N3CCCC3)n2)cc1OC. The Labute approximate surface area is 239 Å². The molecule has 0 aliphatic carbocycles. The van der Waals surface area contributed by atoms with Gasteiger partial charge in [0.05, 0.1) is 25.5 Å². The Hall–Kier alpha value is -3.92. The van der Waals surface area contributed by atoms with Crippen LogP contribution in [0.4, 0.5) is 17.6 Å². The third-order valence-corrected chi connectivity index (χ3v) is 7.10. The van der Waals surface area contributed by atoms with Crippen molar-refractivity contribution >= 4 is 35.4 Å². The van der Waals surface area contributed by atoms with Crippen LogP contribution in [0.1, 0.15) is 31.2 Å². The number of nitrogens with zero attached hydrogens (tertiary/aromatic N) is 5. The van der Waals surface area contributed by atoms with E-state index < -0.39 is 0 Å². The van der Waals surface area contributed by atoms with E-state index in [-0.39, 0.29) is 6.61 Å². The van der Waals surface area contributed by atoms with Crippen LogP contribution in [0.2, 0.25) is 5.02 Å². The zero-order valence-corrected chi connectivity index (χ0v) is 23.7. The molecule has 0 bridgehead atoms. The highest BCUT2D eigenvalue weighted by Gasteiger charge is 2.20. The zero-order valence-electron chi connectivity index (χ0n) is 22.9. The molecular formula is C29H35ClN6O4. The van der Waals surface area contributed by atoms with Crippen molar-refractivity contribution in [1.82, 2.24) is 9.97 Å². The van der Waals surface area contributed by atoms with Gasteiger partial charge in [0.2, 0.25) is 5.95 Å². The van der Waals surface area contributed by atoms with Crippen LogP contribution in [-0.2, 0) is 0 Å². The Morgan fingerprint density at radius 2 is 1.52 bits per heavy atom. The van der Waals surface area contributed by atoms with Crippen LogP contribution >= 0.6 is 11.6 Å². The van der Waals surface area contributed by atoms with Gasteiger partial charge in [-0.1, -0.05) is 23.7 Å². The van der Waals surface area contributed by atoms with Gasteiger partial charge in [-0.15, -0.1) is 0 Å². The molecule has 0 amide bonds. The summed E-state index contributed by atoms with van der Waals surface area (Å²) in [5.74, 6) is 4.60. The van der Waals surface area contributed by atoms with Gasteiger partial charge in [0.15, 0.2) is 28.8 Å². The summed E-state index contributed by atoms with van der Waals surface area (Å²) in [4.78, 5) is 14.1. The summed E-state index contributed by atoms with van der Waals surface area (Å²) in [6, 6.07) is 13.0. The summed E-state index contributed by atoms with van der Waals surface area (Å²) in [5, 5.41) is 4.84. The van der Waals surface area contributed by atoms with E-state index in [9.17, 15) is 0 Å². The first-order valence-electron chi connectivity index (χ1n) is 13.6. The van der Waals surface area contributed by atoms with E-state index >= 15 is 0 Å². The van der Waals surface area contributed by atoms with Gasteiger partial charge in [0, 0.05) is 32.2 Å². The maximum Gasteiger partial charge on any atom is 0.229 e. The van der Waals surface area contributed by atoms with Gasteiger partial charge in [0.25, 0.3) is 0 Å². The highest BCUT2D eigenvalue weighted by molar-refractivity contribution is 6.32. The number of anilines is 3. The van der Waals surface area contributed by atoms with Crippen molar-refractivity contribution in [2.75, 3.05) is 68.8 Å². The first kappa shape index (κ1) is 27.6. The van der Waals surface area contributed by atoms with E-state index in [0.717, 1.165) is 56.4 Å². The number of nitrogens with one attached hydrogen (secondary N) is 1. The van der Waals surface area contributed by atoms with Crippen molar-refractivity contribution in [2.45, 2.75) is 25.7 Å². The van der Waals surface area contributed by atoms with E-state index in [0.29, 0.717) is 40.4 Å². The molecule has 5 rings (SSSR count). The Balaban J connectivity index is 1.23. The molecule has 0 atom stereocenters. The standard InChI is InChI=1S/C29H35ClN6O4/c1-37-23-9-3-4-10-24(23)39-15-16-40-28-22(30)17-21(18-25(28)38-2)20-31-34-26-19-27(35-11-5-6-12-35)33-29(32-26)36-13-7-8-14-36/h3-4,9-10,17-20H,5-8,11-16H2,1-2H3,(H,32,33,34). The van der Waals surface area contributed by atoms with Crippen LogP contribution in [-0.4, -0.2) is 69.8 Å². The number of aromatic nitrogens is 2. The Morgan fingerprint density at radius 1 is 0.850 bits per heavy atom. The Bertz CT molecular complexity index is 1280. The van der Waals surface area contributed by atoms with Gasteiger partial charge in [-0.25, -0.2) is 0 Å². The van der Waals surface area contributed by atoms with Crippen molar-refractivity contribution in [3.8, 4) is 23.0 Å². The van der Waals surface area contributed by atoms with Crippen molar-refractivity contribution in [2.24, 2.45) is 5.10 Å². The highest BCUT2D eigenvalue weighted by atomic mass is 35.5. The highest BCUT2D eigenvalue weighted by Crippen LogP contribution is 2.36. The summed E-state index contributed by atoms with van der Waals surface area (Å²) in [7, 11) is 3.18. The number of halogens is 1. The second-order valence-corrected chi connectivity index (χ2v) is 9.96. The van der Waals surface area contributed by atoms with E-state index in [1.54, 1.807) is 26.5 Å². The molecule has 1 aromatic heterocycles. The molecule has 3 heterocycles. The maximum absolute atomic E-state index is 6.56. The predicted molar refractivity (Wildman–Crippen MR) is 158 cm³/mol. The number of hydrogen-bond donors (Lipinski definition) is 1. The van der Waals surface area contributed by atoms with Gasteiger partial charge in [-0.05, 0) is 55.5 Å². The van der Waals surface area contributed by atoms with Gasteiger partial charge in [0.1, 0.15) is 19.0 Å². The number of hydrazone groups is 1. The summed E-state index contributed by atoms with van der Waals surface area (Å²) in [6.45, 7) is 4.56. The van der Waals surface area contributed by atoms with Crippen molar-refractivity contribution in [3.63, 3.8) is 0 Å². The van der Waals surface area contributed by atoms with E-state index in [1.165, 1.54) is 12.8 Å². The smallest absolute Gasteiger partial charge is 0.229 e. The molecule has 0 spiro atoms. The lowest BCUT2D eigenvalue weighted by Crippen LogP contribution is -2.24. The third kappa shape index (κ3) is 6.80. The summed E-state index contributed by atoms with van der Waals surface area (Å²) in [5.41, 5.74) is 3.83. The number of hydrogen-bond acceptors (Lipinski definition) is 10. The summed E-state index contributed by atoms with van der Waals surface area (Å²) >= 11 is 6.56. The molecule has 11 heteroatoms. The minimum Gasteiger partial charge on any atom is -0.493 e. The second-order valence-electron chi connectivity index (χ2n) is 9.55. The minimum atomic E-state index is 0.273. The average Bonchev–Trinajstić information content (AvgIpc) is 3.71. The molecular weight excluding hydrogens is 532 g/mol. The fraction of sp³-hybridized carbons (Fsp3) is 0.414. The molecule has 2 aliphatic heterocycles. The van der Waals surface area contributed by atoms with E-state index in [1.807, 2.05) is 36.4 Å². The number of para-hydroxylation sites is 2. The maximum atomic E-state index is 6.56. The van der Waals surface area contributed by atoms with Crippen molar-refractivity contribution < 1.29 is 18.9 Å². The molecule has 212 valence electrons. The first-order valence-corrected chi connectivity index (χ1v) is 14.0. The predicted octanol–water partition coefficient (Wildman–Crippen LogP) is 5.25. The van der Waals surface area contributed by atoms with Crippen LogP contribution < -0.4 is 34.2 Å². The minimum absolute atomic E-state index is 0.273. The number of rotatable bonds is 12. The second kappa shape index (κ2) is 13.4. The zero-order chi connectivity index (χ0) is 27.7.